The monoisotopic (exact) mass is 388 g/mol. The van der Waals surface area contributed by atoms with E-state index in [0.717, 1.165) is 0 Å². The number of aromatic carboxylic acids is 1. The maximum absolute atomic E-state index is 12.7. The van der Waals surface area contributed by atoms with Gasteiger partial charge >= 0.3 is 11.9 Å². The number of carbonyl (C=O) groups excluding carboxylic acids is 1. The maximum atomic E-state index is 12.7. The molecule has 140 valence electrons. The van der Waals surface area contributed by atoms with Gasteiger partial charge in [-0.1, -0.05) is 23.7 Å². The Labute approximate surface area is 161 Å². The summed E-state index contributed by atoms with van der Waals surface area (Å²) in [5.74, 6) is -2.01. The van der Waals surface area contributed by atoms with Gasteiger partial charge in [0.05, 0.1) is 39.7 Å². The van der Waals surface area contributed by atoms with Crippen molar-refractivity contribution in [1.82, 2.24) is 4.98 Å². The summed E-state index contributed by atoms with van der Waals surface area (Å²) in [6.07, 6.45) is 0. The molecule has 0 amide bonds. The average Bonchev–Trinajstić information content (AvgIpc) is 2.61. The lowest BCUT2D eigenvalue weighted by molar-refractivity contribution is 0.0387. The van der Waals surface area contributed by atoms with Gasteiger partial charge in [0, 0.05) is 18.2 Å². The molecule has 2 rings (SSSR count). The highest BCUT2D eigenvalue weighted by Crippen LogP contribution is 2.37. The third-order valence-electron chi connectivity index (χ3n) is 3.89. The molecule has 0 saturated heterocycles. The van der Waals surface area contributed by atoms with Crippen LogP contribution >= 0.6 is 11.6 Å². The van der Waals surface area contributed by atoms with E-state index in [2.05, 4.69) is 4.98 Å². The SMILES string of the molecule is COCCOC(=O)c1c(C)nc(C)c(C(=O)O)c1-c1cccc(C#N)c1Cl. The summed E-state index contributed by atoms with van der Waals surface area (Å²) in [7, 11) is 1.47. The Hall–Kier alpha value is -2.95. The van der Waals surface area contributed by atoms with Crippen LogP contribution in [0.15, 0.2) is 18.2 Å². The van der Waals surface area contributed by atoms with Gasteiger partial charge in [-0.2, -0.15) is 5.26 Å². The number of carboxylic acid groups (broad SMARTS) is 1. The molecule has 1 aromatic heterocycles. The standard InChI is InChI=1S/C19H17ClN2O5/c1-10-14(18(23)24)16(13-6-4-5-12(9-21)17(13)20)15(11(2)22-10)19(25)27-8-7-26-3/h4-6H,7-8H2,1-3H3,(H,23,24). The first kappa shape index (κ1) is 20.4. The number of ether oxygens (including phenoxy) is 2. The summed E-state index contributed by atoms with van der Waals surface area (Å²) in [6, 6.07) is 6.57. The fourth-order valence-corrected chi connectivity index (χ4v) is 2.99. The normalized spacial score (nSPS) is 10.3. The Morgan fingerprint density at radius 2 is 1.89 bits per heavy atom. The molecule has 2 aromatic rings. The van der Waals surface area contributed by atoms with Crippen molar-refractivity contribution in [3.8, 4) is 17.2 Å². The van der Waals surface area contributed by atoms with Crippen molar-refractivity contribution in [3.63, 3.8) is 0 Å². The molecule has 0 aliphatic rings. The zero-order chi connectivity index (χ0) is 20.1. The van der Waals surface area contributed by atoms with Crippen LogP contribution < -0.4 is 0 Å². The molecular weight excluding hydrogens is 372 g/mol. The van der Waals surface area contributed by atoms with Crippen molar-refractivity contribution < 1.29 is 24.2 Å². The van der Waals surface area contributed by atoms with Gasteiger partial charge in [-0.05, 0) is 19.9 Å². The quantitative estimate of drug-likeness (QED) is 0.596. The summed E-state index contributed by atoms with van der Waals surface area (Å²) < 4.78 is 10.0. The molecule has 0 unspecified atom stereocenters. The van der Waals surface area contributed by atoms with E-state index in [-0.39, 0.29) is 51.7 Å². The Balaban J connectivity index is 2.83. The van der Waals surface area contributed by atoms with Gasteiger partial charge in [0.2, 0.25) is 0 Å². The molecule has 8 heteroatoms. The molecule has 0 spiro atoms. The lowest BCUT2D eigenvalue weighted by Crippen LogP contribution is -2.17. The van der Waals surface area contributed by atoms with Crippen LogP contribution in [-0.4, -0.2) is 42.4 Å². The molecule has 0 atom stereocenters. The molecule has 0 fully saturated rings. The lowest BCUT2D eigenvalue weighted by atomic mass is 9.91. The molecule has 27 heavy (non-hydrogen) atoms. The number of hydrogen-bond acceptors (Lipinski definition) is 6. The molecule has 0 bridgehead atoms. The van der Waals surface area contributed by atoms with Crippen LogP contribution in [0.5, 0.6) is 0 Å². The van der Waals surface area contributed by atoms with Gasteiger partial charge in [-0.25, -0.2) is 9.59 Å². The van der Waals surface area contributed by atoms with Gasteiger partial charge in [0.15, 0.2) is 0 Å². The molecule has 1 N–H and O–H groups in total. The van der Waals surface area contributed by atoms with E-state index in [1.54, 1.807) is 19.1 Å². The van der Waals surface area contributed by atoms with Crippen molar-refractivity contribution >= 4 is 23.5 Å². The Morgan fingerprint density at radius 3 is 2.48 bits per heavy atom. The molecule has 0 radical (unpaired) electrons. The predicted octanol–water partition coefficient (Wildman–Crippen LogP) is 3.39. The number of hydrogen-bond donors (Lipinski definition) is 1. The predicted molar refractivity (Wildman–Crippen MR) is 98.0 cm³/mol. The molecule has 1 heterocycles. The second kappa shape index (κ2) is 8.62. The molecule has 0 aliphatic heterocycles. The fourth-order valence-electron chi connectivity index (χ4n) is 2.73. The van der Waals surface area contributed by atoms with E-state index < -0.39 is 11.9 Å². The minimum atomic E-state index is -1.26. The second-order valence-electron chi connectivity index (χ2n) is 5.62. The largest absolute Gasteiger partial charge is 0.478 e. The van der Waals surface area contributed by atoms with Crippen LogP contribution in [0.1, 0.15) is 37.7 Å². The zero-order valence-electron chi connectivity index (χ0n) is 15.0. The van der Waals surface area contributed by atoms with E-state index in [1.807, 2.05) is 6.07 Å². The number of halogens is 1. The van der Waals surface area contributed by atoms with Crippen molar-refractivity contribution in [2.24, 2.45) is 0 Å². The van der Waals surface area contributed by atoms with Crippen molar-refractivity contribution in [3.05, 3.63) is 51.3 Å². The van der Waals surface area contributed by atoms with Gasteiger partial charge in [0.25, 0.3) is 0 Å². The first-order valence-electron chi connectivity index (χ1n) is 7.93. The number of esters is 1. The highest BCUT2D eigenvalue weighted by Gasteiger charge is 2.28. The van der Waals surface area contributed by atoms with Crippen LogP contribution in [0.2, 0.25) is 5.02 Å². The Morgan fingerprint density at radius 1 is 1.22 bits per heavy atom. The second-order valence-corrected chi connectivity index (χ2v) is 6.00. The third-order valence-corrected chi connectivity index (χ3v) is 4.29. The third kappa shape index (κ3) is 4.08. The number of carbonyl (C=O) groups is 2. The minimum absolute atomic E-state index is 0.00351. The van der Waals surface area contributed by atoms with Crippen LogP contribution in [-0.2, 0) is 9.47 Å². The van der Waals surface area contributed by atoms with Gasteiger partial charge in [-0.15, -0.1) is 0 Å². The first-order valence-corrected chi connectivity index (χ1v) is 8.30. The van der Waals surface area contributed by atoms with Crippen molar-refractivity contribution in [2.45, 2.75) is 13.8 Å². The number of pyridine rings is 1. The Kier molecular flexibility index (Phi) is 6.50. The summed E-state index contributed by atoms with van der Waals surface area (Å²) in [6.45, 7) is 3.30. The molecule has 0 aliphatic carbocycles. The summed E-state index contributed by atoms with van der Waals surface area (Å²) in [4.78, 5) is 28.8. The fraction of sp³-hybridized carbons (Fsp3) is 0.263. The molecular formula is C19H17ClN2O5. The first-order chi connectivity index (χ1) is 12.8. The molecule has 1 aromatic carbocycles. The summed E-state index contributed by atoms with van der Waals surface area (Å²) >= 11 is 6.32. The zero-order valence-corrected chi connectivity index (χ0v) is 15.8. The topological polar surface area (TPSA) is 110 Å². The highest BCUT2D eigenvalue weighted by atomic mass is 35.5. The summed E-state index contributed by atoms with van der Waals surface area (Å²) in [5, 5.41) is 19.0. The van der Waals surface area contributed by atoms with Crippen LogP contribution in [0.4, 0.5) is 0 Å². The number of benzene rings is 1. The number of aromatic nitrogens is 1. The van der Waals surface area contributed by atoms with Crippen LogP contribution in [0.25, 0.3) is 11.1 Å². The van der Waals surface area contributed by atoms with Crippen molar-refractivity contribution in [1.29, 1.82) is 5.26 Å². The summed E-state index contributed by atoms with van der Waals surface area (Å²) in [5.41, 5.74) is 0.839. The number of nitriles is 1. The smallest absolute Gasteiger partial charge is 0.340 e. The Bertz CT molecular complexity index is 950. The highest BCUT2D eigenvalue weighted by molar-refractivity contribution is 6.35. The van der Waals surface area contributed by atoms with Crippen LogP contribution in [0.3, 0.4) is 0 Å². The lowest BCUT2D eigenvalue weighted by Gasteiger charge is -2.17. The number of aryl methyl sites for hydroxylation is 2. The molecule has 7 nitrogen and oxygen atoms in total. The number of methoxy groups -OCH3 is 1. The number of nitrogens with zero attached hydrogens (tertiary/aromatic N) is 2. The molecule has 0 saturated carbocycles. The van der Waals surface area contributed by atoms with Crippen LogP contribution in [0, 0.1) is 25.2 Å². The van der Waals surface area contributed by atoms with E-state index in [0.29, 0.717) is 5.69 Å². The van der Waals surface area contributed by atoms with E-state index in [9.17, 15) is 20.0 Å². The number of rotatable bonds is 6. The van der Waals surface area contributed by atoms with Gasteiger partial charge < -0.3 is 14.6 Å². The average molecular weight is 389 g/mol. The van der Waals surface area contributed by atoms with Gasteiger partial charge in [-0.3, -0.25) is 4.98 Å². The van der Waals surface area contributed by atoms with E-state index >= 15 is 0 Å². The number of carboxylic acids is 1. The minimum Gasteiger partial charge on any atom is -0.478 e. The van der Waals surface area contributed by atoms with E-state index in [4.69, 9.17) is 21.1 Å². The van der Waals surface area contributed by atoms with Crippen molar-refractivity contribution in [2.75, 3.05) is 20.3 Å². The van der Waals surface area contributed by atoms with Gasteiger partial charge in [0.1, 0.15) is 12.7 Å². The maximum Gasteiger partial charge on any atom is 0.340 e. The van der Waals surface area contributed by atoms with E-state index in [1.165, 1.54) is 20.1 Å².